The van der Waals surface area contributed by atoms with Crippen LogP contribution in [0.25, 0.3) is 10.9 Å². The van der Waals surface area contributed by atoms with Gasteiger partial charge in [-0.25, -0.2) is 5.43 Å². The fraction of sp³-hybridized carbons (Fsp3) is 0.143. The van der Waals surface area contributed by atoms with Crippen molar-refractivity contribution in [1.29, 1.82) is 0 Å². The lowest BCUT2D eigenvalue weighted by Crippen LogP contribution is -2.37. The van der Waals surface area contributed by atoms with Crippen LogP contribution >= 0.6 is 15.9 Å². The van der Waals surface area contributed by atoms with Crippen LogP contribution in [0.4, 0.5) is 29.2 Å². The summed E-state index contributed by atoms with van der Waals surface area (Å²) in [6.07, 6.45) is 3.68. The minimum Gasteiger partial charge on any atom is -0.378 e. The highest BCUT2D eigenvalue weighted by molar-refractivity contribution is 9.10. The third kappa shape index (κ3) is 5.22. The fourth-order valence-electron chi connectivity index (χ4n) is 4.32. The Balaban J connectivity index is 1.38. The van der Waals surface area contributed by atoms with Crippen molar-refractivity contribution < 1.29 is 4.74 Å². The van der Waals surface area contributed by atoms with E-state index < -0.39 is 0 Å². The summed E-state index contributed by atoms with van der Waals surface area (Å²) >= 11 is 3.54. The number of fused-ring (bicyclic) bond motifs is 1. The monoisotopic (exact) mass is 568 g/mol. The van der Waals surface area contributed by atoms with Gasteiger partial charge in [-0.15, -0.1) is 0 Å². The molecule has 1 aliphatic rings. The number of H-pyrrole nitrogens is 1. The van der Waals surface area contributed by atoms with Gasteiger partial charge in [0.15, 0.2) is 0 Å². The number of aromatic nitrogens is 4. The topological polar surface area (TPSA) is 94.6 Å². The lowest BCUT2D eigenvalue weighted by atomic mass is 10.2. The van der Waals surface area contributed by atoms with Crippen LogP contribution < -0.4 is 15.2 Å². The van der Waals surface area contributed by atoms with E-state index in [1.54, 1.807) is 6.21 Å². The molecule has 9 nitrogen and oxygen atoms in total. The smallest absolute Gasteiger partial charge is 0.250 e. The molecule has 6 rings (SSSR count). The Morgan fingerprint density at radius 1 is 0.921 bits per heavy atom. The normalized spacial score (nSPS) is 13.8. The van der Waals surface area contributed by atoms with E-state index in [4.69, 9.17) is 19.7 Å². The highest BCUT2D eigenvalue weighted by Crippen LogP contribution is 2.33. The van der Waals surface area contributed by atoms with Crippen molar-refractivity contribution in [3.05, 3.63) is 95.1 Å². The van der Waals surface area contributed by atoms with Crippen LogP contribution in [0.2, 0.25) is 0 Å². The predicted octanol–water partition coefficient (Wildman–Crippen LogP) is 5.87. The Morgan fingerprint density at radius 2 is 1.63 bits per heavy atom. The van der Waals surface area contributed by atoms with E-state index in [1.807, 2.05) is 83.9 Å². The number of para-hydroxylation sites is 2. The quantitative estimate of drug-likeness (QED) is 0.187. The fourth-order valence-corrected chi connectivity index (χ4v) is 4.68. The number of hydrogen-bond acceptors (Lipinski definition) is 8. The first-order valence-corrected chi connectivity index (χ1v) is 13.1. The molecule has 2 aromatic heterocycles. The third-order valence-corrected chi connectivity index (χ3v) is 6.67. The molecule has 190 valence electrons. The van der Waals surface area contributed by atoms with E-state index in [9.17, 15) is 0 Å². The Labute approximate surface area is 228 Å². The van der Waals surface area contributed by atoms with Crippen LogP contribution in [-0.2, 0) is 4.74 Å². The van der Waals surface area contributed by atoms with Crippen LogP contribution in [0, 0.1) is 0 Å². The first-order chi connectivity index (χ1) is 18.7. The molecule has 0 bridgehead atoms. The minimum atomic E-state index is 0.352. The molecule has 2 N–H and O–H groups in total. The number of rotatable bonds is 7. The van der Waals surface area contributed by atoms with Gasteiger partial charge in [0.1, 0.15) is 0 Å². The molecule has 0 unspecified atom stereocenters. The number of aromatic amines is 1. The van der Waals surface area contributed by atoms with E-state index in [-0.39, 0.29) is 0 Å². The molecule has 0 saturated carbocycles. The summed E-state index contributed by atoms with van der Waals surface area (Å²) < 4.78 is 6.55. The molecule has 1 saturated heterocycles. The summed E-state index contributed by atoms with van der Waals surface area (Å²) in [5.74, 6) is 1.42. The molecule has 1 fully saturated rings. The first kappa shape index (κ1) is 24.1. The molecule has 3 heterocycles. The Morgan fingerprint density at radius 3 is 2.34 bits per heavy atom. The summed E-state index contributed by atoms with van der Waals surface area (Å²) in [5.41, 5.74) is 6.91. The van der Waals surface area contributed by atoms with Gasteiger partial charge in [0.2, 0.25) is 17.8 Å². The van der Waals surface area contributed by atoms with Crippen LogP contribution in [0.1, 0.15) is 5.56 Å². The summed E-state index contributed by atoms with van der Waals surface area (Å²) in [6.45, 7) is 2.65. The summed E-state index contributed by atoms with van der Waals surface area (Å²) in [4.78, 5) is 21.8. The van der Waals surface area contributed by atoms with Crippen LogP contribution in [0.5, 0.6) is 0 Å². The molecule has 3 aromatic carbocycles. The third-order valence-electron chi connectivity index (χ3n) is 6.18. The van der Waals surface area contributed by atoms with Gasteiger partial charge in [-0.1, -0.05) is 52.3 Å². The van der Waals surface area contributed by atoms with Gasteiger partial charge in [0.25, 0.3) is 0 Å². The molecule has 38 heavy (non-hydrogen) atoms. The summed E-state index contributed by atoms with van der Waals surface area (Å²) in [5, 5.41) is 5.54. The van der Waals surface area contributed by atoms with Crippen molar-refractivity contribution in [1.82, 2.24) is 19.9 Å². The standard InChI is InChI=1S/C28H25BrN8O/c29-21-11-12-25-24(17-21)20(18-30-25)19-31-35-26-32-27(36-13-15-38-16-14-36)34-28(33-26)37(22-7-3-1-4-8-22)23-9-5-2-6-10-23/h1-12,17-19,30H,13-16H2,(H,32,33,34,35)/b31-19-. The van der Waals surface area contributed by atoms with Crippen molar-refractivity contribution >= 4 is 62.3 Å². The summed E-state index contributed by atoms with van der Waals surface area (Å²) in [6, 6.07) is 26.2. The SMILES string of the molecule is Brc1ccc2[nH]cc(/C=N\Nc3nc(N4CCOCC4)nc(N(c4ccccc4)c4ccccc4)n3)c2c1. The summed E-state index contributed by atoms with van der Waals surface area (Å²) in [7, 11) is 0. The van der Waals surface area contributed by atoms with Gasteiger partial charge in [0, 0.05) is 51.6 Å². The number of hydrogen-bond donors (Lipinski definition) is 2. The van der Waals surface area contributed by atoms with Crippen molar-refractivity contribution in [2.75, 3.05) is 41.5 Å². The average Bonchev–Trinajstić information content (AvgIpc) is 3.36. The molecule has 0 spiro atoms. The number of nitrogens with zero attached hydrogens (tertiary/aromatic N) is 6. The van der Waals surface area contributed by atoms with Gasteiger partial charge in [-0.3, -0.25) is 4.90 Å². The van der Waals surface area contributed by atoms with Crippen LogP contribution in [-0.4, -0.2) is 52.5 Å². The van der Waals surface area contributed by atoms with Gasteiger partial charge in [0.05, 0.1) is 19.4 Å². The van der Waals surface area contributed by atoms with Gasteiger partial charge < -0.3 is 14.6 Å². The maximum absolute atomic E-state index is 5.55. The average molecular weight is 569 g/mol. The second-order valence-corrected chi connectivity index (χ2v) is 9.58. The number of ether oxygens (including phenoxy) is 1. The molecule has 1 aliphatic heterocycles. The molecule has 0 atom stereocenters. The Kier molecular flexibility index (Phi) is 6.97. The zero-order valence-corrected chi connectivity index (χ0v) is 22.0. The number of anilines is 5. The van der Waals surface area contributed by atoms with Crippen molar-refractivity contribution in [2.24, 2.45) is 5.10 Å². The van der Waals surface area contributed by atoms with Gasteiger partial charge >= 0.3 is 0 Å². The highest BCUT2D eigenvalue weighted by atomic mass is 79.9. The van der Waals surface area contributed by atoms with E-state index in [2.05, 4.69) is 42.4 Å². The minimum absolute atomic E-state index is 0.352. The zero-order chi connectivity index (χ0) is 25.7. The number of halogens is 1. The molecule has 0 aliphatic carbocycles. The Bertz CT molecular complexity index is 1510. The van der Waals surface area contributed by atoms with Gasteiger partial charge in [-0.05, 0) is 42.5 Å². The van der Waals surface area contributed by atoms with E-state index in [0.29, 0.717) is 44.1 Å². The van der Waals surface area contributed by atoms with Gasteiger partial charge in [-0.2, -0.15) is 20.1 Å². The van der Waals surface area contributed by atoms with Crippen molar-refractivity contribution in [3.8, 4) is 0 Å². The lowest BCUT2D eigenvalue weighted by molar-refractivity contribution is 0.122. The second kappa shape index (κ2) is 11.0. The van der Waals surface area contributed by atoms with E-state index >= 15 is 0 Å². The van der Waals surface area contributed by atoms with E-state index in [0.717, 1.165) is 32.3 Å². The highest BCUT2D eigenvalue weighted by Gasteiger charge is 2.21. The second-order valence-electron chi connectivity index (χ2n) is 8.67. The lowest BCUT2D eigenvalue weighted by Gasteiger charge is -2.28. The number of benzene rings is 3. The molecular weight excluding hydrogens is 544 g/mol. The molecular formula is C28H25BrN8O. The van der Waals surface area contributed by atoms with Crippen molar-refractivity contribution in [3.63, 3.8) is 0 Å². The first-order valence-electron chi connectivity index (χ1n) is 12.3. The van der Waals surface area contributed by atoms with Crippen LogP contribution in [0.15, 0.2) is 94.6 Å². The number of hydrazone groups is 1. The maximum atomic E-state index is 5.55. The molecule has 5 aromatic rings. The maximum Gasteiger partial charge on any atom is 0.250 e. The number of morpholine rings is 1. The predicted molar refractivity (Wildman–Crippen MR) is 155 cm³/mol. The Hall–Kier alpha value is -4.28. The zero-order valence-electron chi connectivity index (χ0n) is 20.5. The molecule has 0 radical (unpaired) electrons. The molecule has 0 amide bonds. The van der Waals surface area contributed by atoms with Crippen LogP contribution in [0.3, 0.4) is 0 Å². The largest absolute Gasteiger partial charge is 0.378 e. The molecule has 10 heteroatoms. The van der Waals surface area contributed by atoms with Crippen molar-refractivity contribution in [2.45, 2.75) is 0 Å². The number of nitrogens with one attached hydrogen (secondary N) is 2. The van der Waals surface area contributed by atoms with E-state index in [1.165, 1.54) is 0 Å².